The zero-order valence-corrected chi connectivity index (χ0v) is 13.8. The Hall–Kier alpha value is -1.00. The van der Waals surface area contributed by atoms with Crippen LogP contribution in [0.2, 0.25) is 0 Å². The fourth-order valence-electron chi connectivity index (χ4n) is 2.64. The van der Waals surface area contributed by atoms with E-state index in [0.29, 0.717) is 5.75 Å². The van der Waals surface area contributed by atoms with Crippen molar-refractivity contribution in [2.75, 3.05) is 36.5 Å². The van der Waals surface area contributed by atoms with Crippen LogP contribution in [0, 0.1) is 6.92 Å². The van der Waals surface area contributed by atoms with Gasteiger partial charge in [-0.15, -0.1) is 0 Å². The van der Waals surface area contributed by atoms with Gasteiger partial charge in [-0.05, 0) is 50.6 Å². The Morgan fingerprint density at radius 3 is 2.71 bits per heavy atom. The van der Waals surface area contributed by atoms with Gasteiger partial charge in [-0.3, -0.25) is 4.79 Å². The lowest BCUT2D eigenvalue weighted by Crippen LogP contribution is -2.27. The van der Waals surface area contributed by atoms with Crippen molar-refractivity contribution in [3.63, 3.8) is 0 Å². The zero-order valence-electron chi connectivity index (χ0n) is 12.9. The molecule has 0 spiro atoms. The van der Waals surface area contributed by atoms with E-state index in [0.717, 1.165) is 18.0 Å². The minimum absolute atomic E-state index is 0.0986. The summed E-state index contributed by atoms with van der Waals surface area (Å²) in [4.78, 5) is 14.4. The average Bonchev–Trinajstić information content (AvgIpc) is 2.72. The molecule has 116 valence electrons. The molecule has 0 saturated carbocycles. The lowest BCUT2D eigenvalue weighted by atomic mass is 10.2. The van der Waals surface area contributed by atoms with Gasteiger partial charge < -0.3 is 10.2 Å². The molecular formula is C17H26N2OS. The highest BCUT2D eigenvalue weighted by atomic mass is 32.2. The number of aryl methyl sites for hydroxylation is 1. The highest BCUT2D eigenvalue weighted by Crippen LogP contribution is 2.12. The molecule has 2 rings (SSSR count). The first-order chi connectivity index (χ1) is 10.2. The molecule has 3 nitrogen and oxygen atoms in total. The van der Waals surface area contributed by atoms with E-state index in [1.54, 1.807) is 11.8 Å². The molecule has 1 heterocycles. The van der Waals surface area contributed by atoms with Gasteiger partial charge in [0.2, 0.25) is 5.91 Å². The average molecular weight is 306 g/mol. The number of hydrogen-bond acceptors (Lipinski definition) is 3. The molecule has 0 aromatic heterocycles. The minimum Gasteiger partial charge on any atom is -0.325 e. The summed E-state index contributed by atoms with van der Waals surface area (Å²) in [7, 11) is 0. The molecule has 1 N–H and O–H groups in total. The first kappa shape index (κ1) is 16.4. The summed E-state index contributed by atoms with van der Waals surface area (Å²) in [5.74, 6) is 1.68. The van der Waals surface area contributed by atoms with Gasteiger partial charge in [0.25, 0.3) is 0 Å². The number of carbonyl (C=O) groups excluding carboxylic acids is 1. The third kappa shape index (κ3) is 6.53. The van der Waals surface area contributed by atoms with Crippen LogP contribution >= 0.6 is 11.8 Å². The van der Waals surface area contributed by atoms with Crippen molar-refractivity contribution >= 4 is 23.4 Å². The molecule has 1 aliphatic rings. The van der Waals surface area contributed by atoms with Crippen molar-refractivity contribution < 1.29 is 4.79 Å². The van der Waals surface area contributed by atoms with Crippen molar-refractivity contribution in [3.05, 3.63) is 29.8 Å². The molecular weight excluding hydrogens is 280 g/mol. The third-order valence-electron chi connectivity index (χ3n) is 3.79. The highest BCUT2D eigenvalue weighted by molar-refractivity contribution is 7.99. The second kappa shape index (κ2) is 9.11. The van der Waals surface area contributed by atoms with Crippen molar-refractivity contribution in [1.82, 2.24) is 4.90 Å². The van der Waals surface area contributed by atoms with Crippen LogP contribution in [0.3, 0.4) is 0 Å². The quantitative estimate of drug-likeness (QED) is 0.816. The van der Waals surface area contributed by atoms with Crippen LogP contribution in [0.25, 0.3) is 0 Å². The van der Waals surface area contributed by atoms with E-state index in [1.807, 2.05) is 31.2 Å². The largest absolute Gasteiger partial charge is 0.325 e. The van der Waals surface area contributed by atoms with Gasteiger partial charge in [-0.25, -0.2) is 0 Å². The number of rotatable bonds is 6. The van der Waals surface area contributed by atoms with Gasteiger partial charge in [0, 0.05) is 18.0 Å². The molecule has 0 atom stereocenters. The first-order valence-electron chi connectivity index (χ1n) is 7.91. The van der Waals surface area contributed by atoms with E-state index in [9.17, 15) is 4.79 Å². The van der Waals surface area contributed by atoms with Crippen LogP contribution in [-0.2, 0) is 4.79 Å². The van der Waals surface area contributed by atoms with Crippen LogP contribution in [-0.4, -0.2) is 41.9 Å². The predicted molar refractivity (Wildman–Crippen MR) is 92.0 cm³/mol. The maximum absolute atomic E-state index is 11.9. The first-order valence-corrected chi connectivity index (χ1v) is 9.06. The Morgan fingerprint density at radius 1 is 1.24 bits per heavy atom. The van der Waals surface area contributed by atoms with E-state index >= 15 is 0 Å². The van der Waals surface area contributed by atoms with E-state index in [4.69, 9.17) is 0 Å². The lowest BCUT2D eigenvalue weighted by molar-refractivity contribution is -0.113. The van der Waals surface area contributed by atoms with E-state index < -0.39 is 0 Å². The summed E-state index contributed by atoms with van der Waals surface area (Å²) in [6.07, 6.45) is 5.42. The number of thioether (sulfide) groups is 1. The highest BCUT2D eigenvalue weighted by Gasteiger charge is 2.09. The summed E-state index contributed by atoms with van der Waals surface area (Å²) in [6, 6.07) is 7.94. The van der Waals surface area contributed by atoms with Gasteiger partial charge in [0.05, 0.1) is 5.75 Å². The number of anilines is 1. The number of hydrogen-bond donors (Lipinski definition) is 1. The summed E-state index contributed by atoms with van der Waals surface area (Å²) in [6.45, 7) is 5.61. The Balaban J connectivity index is 1.60. The fourth-order valence-corrected chi connectivity index (χ4v) is 3.43. The Labute approximate surface area is 132 Å². The Kier molecular flexibility index (Phi) is 7.10. The summed E-state index contributed by atoms with van der Waals surface area (Å²) < 4.78 is 0. The molecule has 4 heteroatoms. The van der Waals surface area contributed by atoms with Crippen molar-refractivity contribution in [1.29, 1.82) is 0 Å². The predicted octanol–water partition coefficient (Wildman–Crippen LogP) is 3.54. The second-order valence-electron chi connectivity index (χ2n) is 5.73. The van der Waals surface area contributed by atoms with Crippen molar-refractivity contribution in [2.45, 2.75) is 32.6 Å². The normalized spacial score (nSPS) is 16.4. The molecule has 1 amide bonds. The molecule has 1 aromatic rings. The summed E-state index contributed by atoms with van der Waals surface area (Å²) in [5.41, 5.74) is 2.06. The molecule has 21 heavy (non-hydrogen) atoms. The zero-order chi connectivity index (χ0) is 14.9. The number of nitrogens with one attached hydrogen (secondary N) is 1. The van der Waals surface area contributed by atoms with Gasteiger partial charge in [0.15, 0.2) is 0 Å². The Bertz CT molecular complexity index is 442. The maximum Gasteiger partial charge on any atom is 0.234 e. The van der Waals surface area contributed by atoms with Crippen LogP contribution < -0.4 is 5.32 Å². The molecule has 1 aliphatic heterocycles. The molecule has 0 radical (unpaired) electrons. The summed E-state index contributed by atoms with van der Waals surface area (Å²) in [5, 5.41) is 2.96. The molecule has 1 fully saturated rings. The monoisotopic (exact) mass is 306 g/mol. The molecule has 0 unspecified atom stereocenters. The number of carbonyl (C=O) groups is 1. The topological polar surface area (TPSA) is 32.3 Å². The minimum atomic E-state index is 0.0986. The van der Waals surface area contributed by atoms with Gasteiger partial charge in [-0.2, -0.15) is 11.8 Å². The van der Waals surface area contributed by atoms with Crippen molar-refractivity contribution in [3.8, 4) is 0 Å². The number of benzene rings is 1. The van der Waals surface area contributed by atoms with Gasteiger partial charge >= 0.3 is 0 Å². The number of amides is 1. The SMILES string of the molecule is Cc1cccc(NC(=O)CSCCN2CCCCCC2)c1. The van der Waals surface area contributed by atoms with Crippen LogP contribution in [0.1, 0.15) is 31.2 Å². The molecule has 1 aromatic carbocycles. The lowest BCUT2D eigenvalue weighted by Gasteiger charge is -2.19. The molecule has 0 bridgehead atoms. The Morgan fingerprint density at radius 2 is 2.00 bits per heavy atom. The van der Waals surface area contributed by atoms with Gasteiger partial charge in [0.1, 0.15) is 0 Å². The molecule has 0 aliphatic carbocycles. The van der Waals surface area contributed by atoms with Gasteiger partial charge in [-0.1, -0.05) is 25.0 Å². The van der Waals surface area contributed by atoms with Crippen LogP contribution in [0.15, 0.2) is 24.3 Å². The number of likely N-dealkylation sites (tertiary alicyclic amines) is 1. The van der Waals surface area contributed by atoms with Crippen LogP contribution in [0.5, 0.6) is 0 Å². The third-order valence-corrected chi connectivity index (χ3v) is 4.72. The molecule has 1 saturated heterocycles. The van der Waals surface area contributed by atoms with E-state index in [1.165, 1.54) is 44.3 Å². The second-order valence-corrected chi connectivity index (χ2v) is 6.83. The fraction of sp³-hybridized carbons (Fsp3) is 0.588. The number of nitrogens with zero attached hydrogens (tertiary/aromatic N) is 1. The van der Waals surface area contributed by atoms with Crippen molar-refractivity contribution in [2.24, 2.45) is 0 Å². The summed E-state index contributed by atoms with van der Waals surface area (Å²) >= 11 is 1.73. The standard InChI is InChI=1S/C17H26N2OS/c1-15-7-6-8-16(13-15)18-17(20)14-21-12-11-19-9-4-2-3-5-10-19/h6-8,13H,2-5,9-12,14H2,1H3,(H,18,20). The van der Waals surface area contributed by atoms with E-state index in [2.05, 4.69) is 10.2 Å². The maximum atomic E-state index is 11.9. The van der Waals surface area contributed by atoms with Crippen LogP contribution in [0.4, 0.5) is 5.69 Å². The van der Waals surface area contributed by atoms with E-state index in [-0.39, 0.29) is 5.91 Å². The smallest absolute Gasteiger partial charge is 0.234 e.